The first kappa shape index (κ1) is 13.3. The molecule has 1 rings (SSSR count). The molecule has 0 radical (unpaired) electrons. The van der Waals surface area contributed by atoms with Crippen molar-refractivity contribution in [1.29, 1.82) is 0 Å². The van der Waals surface area contributed by atoms with Gasteiger partial charge in [-0.2, -0.15) is 13.2 Å². The molecule has 0 saturated heterocycles. The quantitative estimate of drug-likeness (QED) is 0.805. The van der Waals surface area contributed by atoms with Gasteiger partial charge in [-0.25, -0.2) is 0 Å². The first-order chi connectivity index (χ1) is 7.38. The molecular weight excluding hydrogens is 239 g/mol. The molecule has 0 heterocycles. The maximum Gasteiger partial charge on any atom is 0.390 e. The van der Waals surface area contributed by atoms with Crippen molar-refractivity contribution in [3.63, 3.8) is 0 Å². The summed E-state index contributed by atoms with van der Waals surface area (Å²) in [5, 5.41) is 3.41. The first-order valence-corrected chi connectivity index (χ1v) is 5.29. The summed E-state index contributed by atoms with van der Waals surface area (Å²) in [4.78, 5) is 0. The van der Waals surface area contributed by atoms with Crippen molar-refractivity contribution in [1.82, 2.24) is 5.32 Å². The van der Waals surface area contributed by atoms with Gasteiger partial charge in [-0.05, 0) is 24.1 Å². The molecule has 0 aliphatic carbocycles. The van der Waals surface area contributed by atoms with Crippen molar-refractivity contribution in [3.8, 4) is 0 Å². The van der Waals surface area contributed by atoms with Gasteiger partial charge in [0, 0.05) is 18.1 Å². The third-order valence-corrected chi connectivity index (χ3v) is 2.56. The Morgan fingerprint density at radius 2 is 2.00 bits per heavy atom. The molecule has 0 spiro atoms. The van der Waals surface area contributed by atoms with Gasteiger partial charge in [0.1, 0.15) is 0 Å². The smallest absolute Gasteiger partial charge is 0.312 e. The summed E-state index contributed by atoms with van der Waals surface area (Å²) in [5.74, 6) is 0. The third kappa shape index (κ3) is 4.86. The van der Waals surface area contributed by atoms with Crippen molar-refractivity contribution in [3.05, 3.63) is 34.3 Å². The SMILES string of the molecule is Cc1cc(CNCCC(F)(F)F)ccc1Cl. The zero-order valence-electron chi connectivity index (χ0n) is 8.87. The van der Waals surface area contributed by atoms with Crippen molar-refractivity contribution in [2.45, 2.75) is 26.1 Å². The number of hydrogen-bond donors (Lipinski definition) is 1. The summed E-state index contributed by atoms with van der Waals surface area (Å²) in [7, 11) is 0. The van der Waals surface area contributed by atoms with Gasteiger partial charge in [0.25, 0.3) is 0 Å². The van der Waals surface area contributed by atoms with Crippen LogP contribution in [0.1, 0.15) is 17.5 Å². The van der Waals surface area contributed by atoms with Crippen molar-refractivity contribution in [2.75, 3.05) is 6.54 Å². The minimum absolute atomic E-state index is 0.0643. The number of nitrogens with one attached hydrogen (secondary N) is 1. The van der Waals surface area contributed by atoms with Crippen molar-refractivity contribution >= 4 is 11.6 Å². The first-order valence-electron chi connectivity index (χ1n) is 4.91. The Labute approximate surface area is 97.6 Å². The molecule has 1 aromatic rings. The predicted molar refractivity (Wildman–Crippen MR) is 58.6 cm³/mol. The molecule has 0 bridgehead atoms. The zero-order chi connectivity index (χ0) is 12.2. The van der Waals surface area contributed by atoms with Crippen molar-refractivity contribution < 1.29 is 13.2 Å². The molecule has 0 aliphatic heterocycles. The largest absolute Gasteiger partial charge is 0.390 e. The van der Waals surface area contributed by atoms with Gasteiger partial charge < -0.3 is 5.32 Å². The van der Waals surface area contributed by atoms with E-state index in [1.165, 1.54) is 0 Å². The molecule has 0 atom stereocenters. The maximum absolute atomic E-state index is 11.8. The van der Waals surface area contributed by atoms with E-state index in [1.54, 1.807) is 12.1 Å². The summed E-state index contributed by atoms with van der Waals surface area (Å²) in [6.07, 6.45) is -4.90. The van der Waals surface area contributed by atoms with Gasteiger partial charge in [-0.1, -0.05) is 23.7 Å². The second-order valence-corrected chi connectivity index (χ2v) is 4.03. The van der Waals surface area contributed by atoms with Crippen LogP contribution in [-0.2, 0) is 6.54 Å². The zero-order valence-corrected chi connectivity index (χ0v) is 9.62. The van der Waals surface area contributed by atoms with E-state index in [2.05, 4.69) is 5.32 Å². The van der Waals surface area contributed by atoms with Crippen LogP contribution < -0.4 is 5.32 Å². The van der Waals surface area contributed by atoms with Gasteiger partial charge in [-0.15, -0.1) is 0 Å². The van der Waals surface area contributed by atoms with E-state index < -0.39 is 12.6 Å². The Morgan fingerprint density at radius 3 is 2.56 bits per heavy atom. The Bertz CT molecular complexity index is 350. The monoisotopic (exact) mass is 251 g/mol. The molecular formula is C11H13ClF3N. The number of hydrogen-bond acceptors (Lipinski definition) is 1. The summed E-state index contributed by atoms with van der Waals surface area (Å²) in [5.41, 5.74) is 1.86. The molecule has 0 aliphatic rings. The number of aryl methyl sites for hydroxylation is 1. The molecule has 1 N–H and O–H groups in total. The minimum Gasteiger partial charge on any atom is -0.312 e. The lowest BCUT2D eigenvalue weighted by atomic mass is 10.1. The van der Waals surface area contributed by atoms with Crippen LogP contribution in [-0.4, -0.2) is 12.7 Å². The average molecular weight is 252 g/mol. The summed E-state index contributed by atoms with van der Waals surface area (Å²) >= 11 is 5.83. The van der Waals surface area contributed by atoms with Gasteiger partial charge in [0.2, 0.25) is 0 Å². The van der Waals surface area contributed by atoms with E-state index >= 15 is 0 Å². The molecule has 0 saturated carbocycles. The maximum atomic E-state index is 11.8. The number of alkyl halides is 3. The number of halogens is 4. The Morgan fingerprint density at radius 1 is 1.31 bits per heavy atom. The Kier molecular flexibility index (Phi) is 4.62. The van der Waals surface area contributed by atoms with E-state index in [4.69, 9.17) is 11.6 Å². The van der Waals surface area contributed by atoms with Crippen LogP contribution in [0.2, 0.25) is 5.02 Å². The highest BCUT2D eigenvalue weighted by Crippen LogP contribution is 2.19. The Balaban J connectivity index is 2.35. The van der Waals surface area contributed by atoms with Crippen LogP contribution in [0.4, 0.5) is 13.2 Å². The molecule has 1 aromatic carbocycles. The van der Waals surface area contributed by atoms with E-state index in [9.17, 15) is 13.2 Å². The predicted octanol–water partition coefficient (Wildman–Crippen LogP) is 3.69. The molecule has 0 fully saturated rings. The van der Waals surface area contributed by atoms with Crippen LogP contribution in [0.25, 0.3) is 0 Å². The van der Waals surface area contributed by atoms with Crippen molar-refractivity contribution in [2.24, 2.45) is 0 Å². The second kappa shape index (κ2) is 5.55. The normalized spacial score (nSPS) is 11.8. The van der Waals surface area contributed by atoms with Gasteiger partial charge in [0.15, 0.2) is 0 Å². The lowest BCUT2D eigenvalue weighted by Crippen LogP contribution is -2.21. The summed E-state index contributed by atoms with van der Waals surface area (Å²) in [6, 6.07) is 5.41. The second-order valence-electron chi connectivity index (χ2n) is 3.63. The highest BCUT2D eigenvalue weighted by molar-refractivity contribution is 6.31. The summed E-state index contributed by atoms with van der Waals surface area (Å²) < 4.78 is 35.5. The lowest BCUT2D eigenvalue weighted by molar-refractivity contribution is -0.133. The van der Waals surface area contributed by atoms with Crippen LogP contribution in [0.5, 0.6) is 0 Å². The fraction of sp³-hybridized carbons (Fsp3) is 0.455. The van der Waals surface area contributed by atoms with Crippen LogP contribution in [0, 0.1) is 6.92 Å². The van der Waals surface area contributed by atoms with Gasteiger partial charge in [-0.3, -0.25) is 0 Å². The molecule has 0 amide bonds. The van der Waals surface area contributed by atoms with Crippen LogP contribution >= 0.6 is 11.6 Å². The molecule has 0 aromatic heterocycles. The highest BCUT2D eigenvalue weighted by atomic mass is 35.5. The van der Waals surface area contributed by atoms with Gasteiger partial charge in [0.05, 0.1) is 6.42 Å². The average Bonchev–Trinajstić information content (AvgIpc) is 2.17. The van der Waals surface area contributed by atoms with Crippen LogP contribution in [0.3, 0.4) is 0 Å². The third-order valence-electron chi connectivity index (χ3n) is 2.14. The van der Waals surface area contributed by atoms with E-state index in [1.807, 2.05) is 13.0 Å². The topological polar surface area (TPSA) is 12.0 Å². The molecule has 16 heavy (non-hydrogen) atoms. The molecule has 0 unspecified atom stereocenters. The standard InChI is InChI=1S/C11H13ClF3N/c1-8-6-9(2-3-10(8)12)7-16-5-4-11(13,14)15/h2-3,6,16H,4-5,7H2,1H3. The fourth-order valence-corrected chi connectivity index (χ4v) is 1.40. The minimum atomic E-state index is -4.09. The lowest BCUT2D eigenvalue weighted by Gasteiger charge is -2.08. The molecule has 1 nitrogen and oxygen atoms in total. The molecule has 5 heteroatoms. The van der Waals surface area contributed by atoms with E-state index in [0.717, 1.165) is 11.1 Å². The summed E-state index contributed by atoms with van der Waals surface area (Å²) in [6.45, 7) is 2.22. The molecule has 90 valence electrons. The number of rotatable bonds is 4. The Hall–Kier alpha value is -0.740. The van der Waals surface area contributed by atoms with Crippen LogP contribution in [0.15, 0.2) is 18.2 Å². The van der Waals surface area contributed by atoms with E-state index in [-0.39, 0.29) is 6.54 Å². The number of benzene rings is 1. The van der Waals surface area contributed by atoms with E-state index in [0.29, 0.717) is 11.6 Å². The van der Waals surface area contributed by atoms with Gasteiger partial charge >= 0.3 is 6.18 Å². The highest BCUT2D eigenvalue weighted by Gasteiger charge is 2.25. The fourth-order valence-electron chi connectivity index (χ4n) is 1.28.